The van der Waals surface area contributed by atoms with Crippen molar-refractivity contribution in [1.29, 1.82) is 0 Å². The number of hydrogen-bond acceptors (Lipinski definition) is 5. The Kier molecular flexibility index (Phi) is 5.88. The lowest BCUT2D eigenvalue weighted by molar-refractivity contribution is 0.102. The summed E-state index contributed by atoms with van der Waals surface area (Å²) >= 11 is 5.98. The van der Waals surface area contributed by atoms with Gasteiger partial charge in [0.25, 0.3) is 5.91 Å². The molecule has 0 bridgehead atoms. The number of halogens is 1. The largest absolute Gasteiger partial charge is 0.495 e. The number of ether oxygens (including phenoxy) is 1. The van der Waals surface area contributed by atoms with Gasteiger partial charge in [0.2, 0.25) is 0 Å². The van der Waals surface area contributed by atoms with Crippen molar-refractivity contribution in [2.24, 2.45) is 0 Å². The van der Waals surface area contributed by atoms with Crippen LogP contribution in [-0.4, -0.2) is 23.0 Å². The lowest BCUT2D eigenvalue weighted by Gasteiger charge is -2.11. The molecular weight excluding hydrogens is 364 g/mol. The van der Waals surface area contributed by atoms with Crippen LogP contribution in [0.1, 0.15) is 23.0 Å². The molecule has 0 spiro atoms. The van der Waals surface area contributed by atoms with Crippen molar-refractivity contribution in [1.82, 2.24) is 9.97 Å². The summed E-state index contributed by atoms with van der Waals surface area (Å²) in [4.78, 5) is 20.9. The van der Waals surface area contributed by atoms with Gasteiger partial charge in [-0.3, -0.25) is 4.79 Å². The molecule has 0 fully saturated rings. The minimum atomic E-state index is -0.399. The van der Waals surface area contributed by atoms with Crippen LogP contribution in [0.2, 0.25) is 5.02 Å². The first-order valence-corrected chi connectivity index (χ1v) is 8.80. The highest BCUT2D eigenvalue weighted by Gasteiger charge is 2.12. The predicted molar refractivity (Wildman–Crippen MR) is 107 cm³/mol. The fraction of sp³-hybridized carbons (Fsp3) is 0.150. The Morgan fingerprint density at radius 2 is 1.93 bits per heavy atom. The van der Waals surface area contributed by atoms with Gasteiger partial charge in [0, 0.05) is 10.7 Å². The summed E-state index contributed by atoms with van der Waals surface area (Å²) in [5.74, 6) is 0.673. The molecule has 3 aromatic rings. The summed E-state index contributed by atoms with van der Waals surface area (Å²) in [6.45, 7) is 2.09. The Morgan fingerprint density at radius 3 is 2.63 bits per heavy atom. The summed E-state index contributed by atoms with van der Waals surface area (Å²) in [6, 6.07) is 13.0. The number of hydrogen-bond donors (Lipinski definition) is 2. The fourth-order valence-corrected chi connectivity index (χ4v) is 2.73. The zero-order valence-electron chi connectivity index (χ0n) is 15.0. The molecule has 0 aliphatic heterocycles. The zero-order valence-corrected chi connectivity index (χ0v) is 15.7. The molecule has 6 nitrogen and oxygen atoms in total. The second-order valence-corrected chi connectivity index (χ2v) is 6.16. The standard InChI is InChI=1S/C20H19ClN4O2/c1-3-13-6-4-5-7-15(13)24-19-12-22-17(11-23-19)20(26)25-16-10-14(21)8-9-18(16)27-2/h4-12H,3H2,1-2H3,(H,23,24)(H,25,26). The second kappa shape index (κ2) is 8.51. The topological polar surface area (TPSA) is 76.1 Å². The summed E-state index contributed by atoms with van der Waals surface area (Å²) in [5.41, 5.74) is 2.80. The molecule has 7 heteroatoms. The third-order valence-corrected chi connectivity index (χ3v) is 4.19. The molecule has 3 rings (SSSR count). The molecule has 0 unspecified atom stereocenters. The molecule has 0 aliphatic carbocycles. The third-order valence-electron chi connectivity index (χ3n) is 3.96. The van der Waals surface area contributed by atoms with Crippen molar-refractivity contribution in [2.45, 2.75) is 13.3 Å². The van der Waals surface area contributed by atoms with E-state index in [1.165, 1.54) is 25.1 Å². The molecule has 1 heterocycles. The number of aromatic nitrogens is 2. The van der Waals surface area contributed by atoms with Gasteiger partial charge in [-0.15, -0.1) is 0 Å². The van der Waals surface area contributed by atoms with Crippen LogP contribution in [0.4, 0.5) is 17.2 Å². The summed E-state index contributed by atoms with van der Waals surface area (Å²) in [7, 11) is 1.52. The number of nitrogens with one attached hydrogen (secondary N) is 2. The fourth-order valence-electron chi connectivity index (χ4n) is 2.56. The number of benzene rings is 2. The molecular formula is C20H19ClN4O2. The van der Waals surface area contributed by atoms with Crippen LogP contribution in [0.5, 0.6) is 5.75 Å². The maximum atomic E-state index is 12.4. The number of carbonyl (C=O) groups excluding carboxylic acids is 1. The van der Waals surface area contributed by atoms with Gasteiger partial charge in [0.05, 0.1) is 25.2 Å². The molecule has 27 heavy (non-hydrogen) atoms. The van der Waals surface area contributed by atoms with E-state index in [1.807, 2.05) is 18.2 Å². The van der Waals surface area contributed by atoms with E-state index in [4.69, 9.17) is 16.3 Å². The first kappa shape index (κ1) is 18.7. The first-order valence-electron chi connectivity index (χ1n) is 8.42. The molecule has 0 atom stereocenters. The van der Waals surface area contributed by atoms with Crippen molar-refractivity contribution in [2.75, 3.05) is 17.7 Å². The van der Waals surface area contributed by atoms with Gasteiger partial charge in [0.15, 0.2) is 0 Å². The predicted octanol–water partition coefficient (Wildman–Crippen LogP) is 4.70. The number of methoxy groups -OCH3 is 1. The van der Waals surface area contributed by atoms with E-state index in [0.29, 0.717) is 22.3 Å². The monoisotopic (exact) mass is 382 g/mol. The van der Waals surface area contributed by atoms with Gasteiger partial charge in [-0.1, -0.05) is 36.7 Å². The van der Waals surface area contributed by atoms with Crippen molar-refractivity contribution < 1.29 is 9.53 Å². The molecule has 1 amide bonds. The number of aryl methyl sites for hydroxylation is 1. The second-order valence-electron chi connectivity index (χ2n) is 5.72. The average molecular weight is 383 g/mol. The Labute approximate surface area is 162 Å². The minimum Gasteiger partial charge on any atom is -0.495 e. The number of rotatable bonds is 6. The van der Waals surface area contributed by atoms with Crippen LogP contribution in [0.25, 0.3) is 0 Å². The van der Waals surface area contributed by atoms with Crippen LogP contribution >= 0.6 is 11.6 Å². The maximum absolute atomic E-state index is 12.4. The lowest BCUT2D eigenvalue weighted by atomic mass is 10.1. The van der Waals surface area contributed by atoms with Gasteiger partial charge in [-0.25, -0.2) is 9.97 Å². The molecule has 1 aromatic heterocycles. The zero-order chi connectivity index (χ0) is 19.2. The van der Waals surface area contributed by atoms with Crippen molar-refractivity contribution >= 4 is 34.7 Å². The highest BCUT2D eigenvalue weighted by atomic mass is 35.5. The van der Waals surface area contributed by atoms with Crippen molar-refractivity contribution in [3.05, 3.63) is 71.1 Å². The van der Waals surface area contributed by atoms with E-state index < -0.39 is 5.91 Å². The van der Waals surface area contributed by atoms with E-state index >= 15 is 0 Å². The molecule has 0 saturated carbocycles. The van der Waals surface area contributed by atoms with Crippen LogP contribution in [0.3, 0.4) is 0 Å². The number of nitrogens with zero attached hydrogens (tertiary/aromatic N) is 2. The van der Waals surface area contributed by atoms with E-state index in [1.54, 1.807) is 18.2 Å². The Morgan fingerprint density at radius 1 is 1.11 bits per heavy atom. The number of amides is 1. The summed E-state index contributed by atoms with van der Waals surface area (Å²) in [5, 5.41) is 6.45. The SMILES string of the molecule is CCc1ccccc1Nc1cnc(C(=O)Nc2cc(Cl)ccc2OC)cn1. The third kappa shape index (κ3) is 4.54. The minimum absolute atomic E-state index is 0.186. The van der Waals surface area contributed by atoms with Crippen molar-refractivity contribution in [3.8, 4) is 5.75 Å². The van der Waals surface area contributed by atoms with E-state index in [-0.39, 0.29) is 5.69 Å². The number of anilines is 3. The number of carbonyl (C=O) groups is 1. The summed E-state index contributed by atoms with van der Waals surface area (Å²) < 4.78 is 5.22. The Hall–Kier alpha value is -3.12. The molecule has 2 aromatic carbocycles. The highest BCUT2D eigenvalue weighted by molar-refractivity contribution is 6.31. The Bertz CT molecular complexity index is 945. The normalized spacial score (nSPS) is 10.3. The molecule has 2 N–H and O–H groups in total. The van der Waals surface area contributed by atoms with Gasteiger partial charge in [-0.05, 0) is 36.2 Å². The van der Waals surface area contributed by atoms with E-state index in [9.17, 15) is 4.79 Å². The van der Waals surface area contributed by atoms with Gasteiger partial charge in [0.1, 0.15) is 17.3 Å². The van der Waals surface area contributed by atoms with E-state index in [2.05, 4.69) is 33.6 Å². The average Bonchev–Trinajstić information content (AvgIpc) is 2.69. The number of para-hydroxylation sites is 1. The van der Waals surface area contributed by atoms with Gasteiger partial charge >= 0.3 is 0 Å². The molecule has 0 saturated heterocycles. The molecule has 0 radical (unpaired) electrons. The highest BCUT2D eigenvalue weighted by Crippen LogP contribution is 2.28. The quantitative estimate of drug-likeness (QED) is 0.646. The van der Waals surface area contributed by atoms with Gasteiger partial charge < -0.3 is 15.4 Å². The maximum Gasteiger partial charge on any atom is 0.275 e. The van der Waals surface area contributed by atoms with Gasteiger partial charge in [-0.2, -0.15) is 0 Å². The molecule has 138 valence electrons. The van der Waals surface area contributed by atoms with Crippen LogP contribution in [0, 0.1) is 0 Å². The molecule has 0 aliphatic rings. The van der Waals surface area contributed by atoms with Crippen LogP contribution in [-0.2, 0) is 6.42 Å². The Balaban J connectivity index is 1.73. The summed E-state index contributed by atoms with van der Waals surface area (Å²) in [6.07, 6.45) is 3.85. The smallest absolute Gasteiger partial charge is 0.275 e. The van der Waals surface area contributed by atoms with Crippen LogP contribution < -0.4 is 15.4 Å². The van der Waals surface area contributed by atoms with Crippen molar-refractivity contribution in [3.63, 3.8) is 0 Å². The first-order chi connectivity index (χ1) is 13.1. The lowest BCUT2D eigenvalue weighted by Crippen LogP contribution is -2.15. The van der Waals surface area contributed by atoms with Crippen LogP contribution in [0.15, 0.2) is 54.9 Å². The van der Waals surface area contributed by atoms with E-state index in [0.717, 1.165) is 12.1 Å².